The molecule has 0 bridgehead atoms. The zero-order valence-corrected chi connectivity index (χ0v) is 7.13. The first-order chi connectivity index (χ1) is 5.36. The van der Waals surface area contributed by atoms with Crippen LogP contribution in [0.3, 0.4) is 0 Å². The molecular formula is C10H18O. The van der Waals surface area contributed by atoms with E-state index in [9.17, 15) is 5.11 Å². The van der Waals surface area contributed by atoms with Crippen molar-refractivity contribution in [2.24, 2.45) is 11.8 Å². The van der Waals surface area contributed by atoms with Crippen LogP contribution in [0, 0.1) is 11.8 Å². The maximum absolute atomic E-state index is 9.37. The average Bonchev–Trinajstić information content (AvgIpc) is 2.49. The van der Waals surface area contributed by atoms with Gasteiger partial charge in [-0.15, -0.1) is 0 Å². The molecule has 1 N–H and O–H groups in total. The maximum atomic E-state index is 9.37. The Morgan fingerprint density at radius 2 is 1.73 bits per heavy atom. The molecule has 0 radical (unpaired) electrons. The van der Waals surface area contributed by atoms with Crippen molar-refractivity contribution in [3.05, 3.63) is 0 Å². The smallest absolute Gasteiger partial charge is 0.0568 e. The lowest BCUT2D eigenvalue weighted by atomic mass is 9.76. The van der Waals surface area contributed by atoms with Gasteiger partial charge in [-0.3, -0.25) is 0 Å². The molecule has 0 spiro atoms. The minimum atomic E-state index is 0.0654. The normalized spacial score (nSPS) is 39.0. The van der Waals surface area contributed by atoms with Gasteiger partial charge in [0.2, 0.25) is 0 Å². The van der Waals surface area contributed by atoms with Gasteiger partial charge >= 0.3 is 0 Å². The third kappa shape index (κ3) is 1.58. The zero-order valence-electron chi connectivity index (χ0n) is 7.13. The van der Waals surface area contributed by atoms with Crippen LogP contribution in [0.25, 0.3) is 0 Å². The fourth-order valence-corrected chi connectivity index (χ4v) is 2.50. The molecule has 2 unspecified atom stereocenters. The topological polar surface area (TPSA) is 20.2 Å². The molecule has 0 aliphatic heterocycles. The van der Waals surface area contributed by atoms with Crippen molar-refractivity contribution in [2.45, 2.75) is 51.0 Å². The van der Waals surface area contributed by atoms with Crippen molar-refractivity contribution >= 4 is 0 Å². The Kier molecular flexibility index (Phi) is 2.17. The molecule has 0 aromatic carbocycles. The van der Waals surface area contributed by atoms with Crippen LogP contribution in [-0.2, 0) is 0 Å². The second kappa shape index (κ2) is 3.14. The fraction of sp³-hybridized carbons (Fsp3) is 1.00. The lowest BCUT2D eigenvalue weighted by Crippen LogP contribution is -2.32. The zero-order chi connectivity index (χ0) is 7.68. The highest BCUT2D eigenvalue weighted by Crippen LogP contribution is 2.38. The Labute approximate surface area is 68.8 Å². The average molecular weight is 154 g/mol. The van der Waals surface area contributed by atoms with Crippen LogP contribution in [0.15, 0.2) is 0 Å². The SMILES string of the molecule is OC1CCC1CC1CCCC1. The molecule has 1 nitrogen and oxygen atoms in total. The summed E-state index contributed by atoms with van der Waals surface area (Å²) < 4.78 is 0. The van der Waals surface area contributed by atoms with E-state index in [2.05, 4.69) is 0 Å². The minimum Gasteiger partial charge on any atom is -0.393 e. The van der Waals surface area contributed by atoms with E-state index >= 15 is 0 Å². The minimum absolute atomic E-state index is 0.0654. The molecule has 2 saturated carbocycles. The first-order valence-electron chi connectivity index (χ1n) is 5.04. The summed E-state index contributed by atoms with van der Waals surface area (Å²) in [6.07, 6.45) is 9.49. The summed E-state index contributed by atoms with van der Waals surface area (Å²) in [6.45, 7) is 0. The fourth-order valence-electron chi connectivity index (χ4n) is 2.50. The lowest BCUT2D eigenvalue weighted by Gasteiger charge is -2.34. The Morgan fingerprint density at radius 1 is 1.00 bits per heavy atom. The van der Waals surface area contributed by atoms with Gasteiger partial charge in [0.25, 0.3) is 0 Å². The van der Waals surface area contributed by atoms with Crippen LogP contribution in [0.2, 0.25) is 0 Å². The van der Waals surface area contributed by atoms with Crippen LogP contribution in [0.5, 0.6) is 0 Å². The summed E-state index contributed by atoms with van der Waals surface area (Å²) in [6, 6.07) is 0. The van der Waals surface area contributed by atoms with E-state index in [0.717, 1.165) is 12.3 Å². The molecule has 0 aromatic rings. The molecular weight excluding hydrogens is 136 g/mol. The van der Waals surface area contributed by atoms with Crippen molar-refractivity contribution < 1.29 is 5.11 Å². The van der Waals surface area contributed by atoms with E-state index in [4.69, 9.17) is 0 Å². The van der Waals surface area contributed by atoms with Crippen molar-refractivity contribution in [1.82, 2.24) is 0 Å². The van der Waals surface area contributed by atoms with Gasteiger partial charge in [-0.2, -0.15) is 0 Å². The Bertz CT molecular complexity index is 127. The van der Waals surface area contributed by atoms with E-state index in [1.807, 2.05) is 0 Å². The van der Waals surface area contributed by atoms with E-state index < -0.39 is 0 Å². The molecule has 11 heavy (non-hydrogen) atoms. The Morgan fingerprint density at radius 3 is 2.18 bits per heavy atom. The Hall–Kier alpha value is -0.0400. The lowest BCUT2D eigenvalue weighted by molar-refractivity contribution is 0.0109. The number of aliphatic hydroxyl groups is 1. The predicted octanol–water partition coefficient (Wildman–Crippen LogP) is 2.34. The molecule has 0 heterocycles. The molecule has 2 aliphatic rings. The van der Waals surface area contributed by atoms with E-state index in [1.54, 1.807) is 0 Å². The van der Waals surface area contributed by atoms with Gasteiger partial charge in [0.15, 0.2) is 0 Å². The first-order valence-corrected chi connectivity index (χ1v) is 5.04. The van der Waals surface area contributed by atoms with Gasteiger partial charge in [0.05, 0.1) is 6.10 Å². The molecule has 2 aliphatic carbocycles. The maximum Gasteiger partial charge on any atom is 0.0568 e. The summed E-state index contributed by atoms with van der Waals surface area (Å²) in [7, 11) is 0. The number of rotatable bonds is 2. The number of aliphatic hydroxyl groups excluding tert-OH is 1. The summed E-state index contributed by atoms with van der Waals surface area (Å²) in [5, 5.41) is 9.37. The number of hydrogen-bond acceptors (Lipinski definition) is 1. The Balaban J connectivity index is 1.72. The van der Waals surface area contributed by atoms with Gasteiger partial charge in [-0.25, -0.2) is 0 Å². The summed E-state index contributed by atoms with van der Waals surface area (Å²) in [5.41, 5.74) is 0. The van der Waals surface area contributed by atoms with Crippen molar-refractivity contribution in [2.75, 3.05) is 0 Å². The highest BCUT2D eigenvalue weighted by atomic mass is 16.3. The molecule has 1 heteroatoms. The molecule has 64 valence electrons. The summed E-state index contributed by atoms with van der Waals surface area (Å²) >= 11 is 0. The molecule has 2 fully saturated rings. The molecule has 0 amide bonds. The quantitative estimate of drug-likeness (QED) is 0.647. The molecule has 0 saturated heterocycles. The second-order valence-corrected chi connectivity index (χ2v) is 4.29. The summed E-state index contributed by atoms with van der Waals surface area (Å²) in [5.74, 6) is 1.65. The van der Waals surface area contributed by atoms with Crippen LogP contribution < -0.4 is 0 Å². The van der Waals surface area contributed by atoms with E-state index in [-0.39, 0.29) is 6.10 Å². The highest BCUT2D eigenvalue weighted by Gasteiger charge is 2.31. The van der Waals surface area contributed by atoms with Crippen LogP contribution in [0.4, 0.5) is 0 Å². The van der Waals surface area contributed by atoms with Crippen LogP contribution in [-0.4, -0.2) is 11.2 Å². The second-order valence-electron chi connectivity index (χ2n) is 4.29. The van der Waals surface area contributed by atoms with E-state index in [0.29, 0.717) is 5.92 Å². The van der Waals surface area contributed by atoms with Crippen LogP contribution >= 0.6 is 0 Å². The van der Waals surface area contributed by atoms with Crippen molar-refractivity contribution in [3.63, 3.8) is 0 Å². The predicted molar refractivity (Wildman–Crippen MR) is 45.3 cm³/mol. The molecule has 0 aromatic heterocycles. The molecule has 2 rings (SSSR count). The highest BCUT2D eigenvalue weighted by molar-refractivity contribution is 4.83. The first kappa shape index (κ1) is 7.60. The third-order valence-corrected chi connectivity index (χ3v) is 3.49. The van der Waals surface area contributed by atoms with Gasteiger partial charge < -0.3 is 5.11 Å². The third-order valence-electron chi connectivity index (χ3n) is 3.49. The van der Waals surface area contributed by atoms with E-state index in [1.165, 1.54) is 38.5 Å². The van der Waals surface area contributed by atoms with Gasteiger partial charge in [0, 0.05) is 0 Å². The van der Waals surface area contributed by atoms with Crippen molar-refractivity contribution in [3.8, 4) is 0 Å². The molecule has 2 atom stereocenters. The van der Waals surface area contributed by atoms with Crippen molar-refractivity contribution in [1.29, 1.82) is 0 Å². The van der Waals surface area contributed by atoms with Gasteiger partial charge in [-0.05, 0) is 31.1 Å². The van der Waals surface area contributed by atoms with Gasteiger partial charge in [0.1, 0.15) is 0 Å². The van der Waals surface area contributed by atoms with Gasteiger partial charge in [-0.1, -0.05) is 25.7 Å². The largest absolute Gasteiger partial charge is 0.393 e. The standard InChI is InChI=1S/C10H18O/c11-10-6-5-9(10)7-8-3-1-2-4-8/h8-11H,1-7H2. The number of hydrogen-bond donors (Lipinski definition) is 1. The monoisotopic (exact) mass is 154 g/mol. The summed E-state index contributed by atoms with van der Waals surface area (Å²) in [4.78, 5) is 0. The van der Waals surface area contributed by atoms with Crippen LogP contribution in [0.1, 0.15) is 44.9 Å².